The normalized spacial score (nSPS) is 15.4. The molecule has 1 aromatic heterocycles. The molecule has 0 aromatic carbocycles. The van der Waals surface area contributed by atoms with Crippen LogP contribution in [0.5, 0.6) is 0 Å². The van der Waals surface area contributed by atoms with Crippen molar-refractivity contribution < 1.29 is 4.79 Å². The van der Waals surface area contributed by atoms with Crippen molar-refractivity contribution >= 4 is 32.0 Å². The van der Waals surface area contributed by atoms with E-state index in [1.54, 1.807) is 18.5 Å². The van der Waals surface area contributed by atoms with Gasteiger partial charge in [0.25, 0.3) is 0 Å². The zero-order chi connectivity index (χ0) is 8.55. The molecule has 0 bridgehead atoms. The number of hydrogen-bond acceptors (Lipinski definition) is 2. The van der Waals surface area contributed by atoms with Crippen LogP contribution in [0.3, 0.4) is 0 Å². The van der Waals surface area contributed by atoms with Crippen molar-refractivity contribution in [3.63, 3.8) is 0 Å². The molecule has 0 saturated heterocycles. The summed E-state index contributed by atoms with van der Waals surface area (Å²) in [5.74, 6) is 0.188. The molecule has 0 saturated carbocycles. The number of allylic oxidation sites excluding steroid dienone is 1. The smallest absolute Gasteiger partial charge is 0.167 e. The molecule has 2 nitrogen and oxygen atoms in total. The van der Waals surface area contributed by atoms with E-state index in [1.807, 2.05) is 6.08 Å². The third-order valence-corrected chi connectivity index (χ3v) is 2.87. The van der Waals surface area contributed by atoms with Gasteiger partial charge in [0.15, 0.2) is 5.78 Å². The number of hydrogen-bond donors (Lipinski definition) is 0. The monoisotopic (exact) mass is 271 g/mol. The van der Waals surface area contributed by atoms with Gasteiger partial charge in [-0.1, -0.05) is 6.08 Å². The molecule has 0 amide bonds. The molecular formula is C9H6INO. The third kappa shape index (κ3) is 1.18. The highest BCUT2D eigenvalue weighted by Crippen LogP contribution is 2.29. The Morgan fingerprint density at radius 1 is 1.42 bits per heavy atom. The Labute approximate surface area is 83.8 Å². The molecule has 1 aromatic rings. The molecule has 1 heterocycles. The highest BCUT2D eigenvalue weighted by Gasteiger charge is 2.16. The van der Waals surface area contributed by atoms with E-state index in [0.717, 1.165) is 14.7 Å². The van der Waals surface area contributed by atoms with Gasteiger partial charge < -0.3 is 0 Å². The number of rotatable bonds is 0. The van der Waals surface area contributed by atoms with E-state index in [1.165, 1.54) is 0 Å². The average molecular weight is 271 g/mol. The quantitative estimate of drug-likeness (QED) is 0.678. The van der Waals surface area contributed by atoms with Gasteiger partial charge >= 0.3 is 0 Å². The first-order valence-corrected chi connectivity index (χ1v) is 4.70. The lowest BCUT2D eigenvalue weighted by atomic mass is 9.99. The fraction of sp³-hybridized carbons (Fsp3) is 0.111. The molecule has 0 spiro atoms. The van der Waals surface area contributed by atoms with Crippen LogP contribution in [-0.4, -0.2) is 10.8 Å². The summed E-state index contributed by atoms with van der Waals surface area (Å²) in [5.41, 5.74) is 1.77. The highest BCUT2D eigenvalue weighted by atomic mass is 127. The molecule has 0 fully saturated rings. The Kier molecular flexibility index (Phi) is 1.96. The Balaban J connectivity index is 2.66. The summed E-state index contributed by atoms with van der Waals surface area (Å²) in [4.78, 5) is 15.3. The van der Waals surface area contributed by atoms with Crippen molar-refractivity contribution in [2.24, 2.45) is 0 Å². The minimum absolute atomic E-state index is 0.188. The highest BCUT2D eigenvalue weighted by molar-refractivity contribution is 14.1. The van der Waals surface area contributed by atoms with Crippen molar-refractivity contribution in [2.75, 3.05) is 0 Å². The summed E-state index contributed by atoms with van der Waals surface area (Å²) in [6.07, 6.45) is 5.86. The third-order valence-electron chi connectivity index (χ3n) is 1.85. The fourth-order valence-corrected chi connectivity index (χ4v) is 1.88. The number of nitrogens with zero attached hydrogens (tertiary/aromatic N) is 1. The molecule has 60 valence electrons. The zero-order valence-corrected chi connectivity index (χ0v) is 8.41. The van der Waals surface area contributed by atoms with Gasteiger partial charge in [-0.2, -0.15) is 0 Å². The Hall–Kier alpha value is -0.710. The predicted molar refractivity (Wildman–Crippen MR) is 55.2 cm³/mol. The van der Waals surface area contributed by atoms with Crippen LogP contribution < -0.4 is 0 Å². The van der Waals surface area contributed by atoms with Crippen LogP contribution in [0.15, 0.2) is 24.5 Å². The molecule has 0 atom stereocenters. The lowest BCUT2D eigenvalue weighted by Gasteiger charge is -2.10. The van der Waals surface area contributed by atoms with Gasteiger partial charge in [-0.05, 0) is 28.7 Å². The van der Waals surface area contributed by atoms with Gasteiger partial charge in [-0.3, -0.25) is 9.78 Å². The summed E-state index contributed by atoms with van der Waals surface area (Å²) >= 11 is 2.23. The topological polar surface area (TPSA) is 30.0 Å². The van der Waals surface area contributed by atoms with Crippen LogP contribution in [0.4, 0.5) is 0 Å². The van der Waals surface area contributed by atoms with E-state index >= 15 is 0 Å². The number of carbonyl (C=O) groups is 1. The summed E-state index contributed by atoms with van der Waals surface area (Å²) < 4.78 is 1.12. The van der Waals surface area contributed by atoms with Crippen LogP contribution in [0, 0.1) is 0 Å². The first-order chi connectivity index (χ1) is 5.79. The van der Waals surface area contributed by atoms with Crippen molar-refractivity contribution in [3.8, 4) is 0 Å². The van der Waals surface area contributed by atoms with Crippen molar-refractivity contribution in [2.45, 2.75) is 6.42 Å². The molecular weight excluding hydrogens is 265 g/mol. The van der Waals surface area contributed by atoms with Crippen LogP contribution >= 0.6 is 22.6 Å². The number of aromatic nitrogens is 1. The van der Waals surface area contributed by atoms with Crippen LogP contribution in [0.2, 0.25) is 0 Å². The number of pyridine rings is 1. The van der Waals surface area contributed by atoms with Gasteiger partial charge in [0, 0.05) is 33.5 Å². The molecule has 1 aliphatic carbocycles. The van der Waals surface area contributed by atoms with Crippen molar-refractivity contribution in [3.05, 3.63) is 35.7 Å². The average Bonchev–Trinajstić information content (AvgIpc) is 2.12. The number of Topliss-reactive ketones (excluding diaryl/α,β-unsaturated/α-hetero) is 1. The Bertz CT molecular complexity index is 371. The van der Waals surface area contributed by atoms with Crippen LogP contribution in [0.1, 0.15) is 22.3 Å². The molecule has 0 radical (unpaired) electrons. The van der Waals surface area contributed by atoms with E-state index in [0.29, 0.717) is 6.42 Å². The lowest BCUT2D eigenvalue weighted by molar-refractivity contribution is 0.0994. The Morgan fingerprint density at radius 3 is 3.00 bits per heavy atom. The van der Waals surface area contributed by atoms with E-state index in [2.05, 4.69) is 27.6 Å². The van der Waals surface area contributed by atoms with Crippen LogP contribution in [-0.2, 0) is 0 Å². The largest absolute Gasteiger partial charge is 0.294 e. The van der Waals surface area contributed by atoms with Crippen molar-refractivity contribution in [1.29, 1.82) is 0 Å². The first-order valence-electron chi connectivity index (χ1n) is 3.62. The van der Waals surface area contributed by atoms with Gasteiger partial charge in [0.2, 0.25) is 0 Å². The standard InChI is InChI=1S/C9H6INO/c10-8-1-2-9(12)6-3-4-11-5-7(6)8/h1,3-5H,2H2. The molecule has 12 heavy (non-hydrogen) atoms. The summed E-state index contributed by atoms with van der Waals surface area (Å²) in [6.45, 7) is 0. The molecule has 0 N–H and O–H groups in total. The van der Waals surface area contributed by atoms with Gasteiger partial charge in [-0.25, -0.2) is 0 Å². The second-order valence-electron chi connectivity index (χ2n) is 2.60. The summed E-state index contributed by atoms with van der Waals surface area (Å²) in [5, 5.41) is 0. The van der Waals surface area contributed by atoms with E-state index < -0.39 is 0 Å². The minimum atomic E-state index is 0.188. The number of carbonyl (C=O) groups excluding carboxylic acids is 1. The molecule has 0 unspecified atom stereocenters. The van der Waals surface area contributed by atoms with Gasteiger partial charge in [-0.15, -0.1) is 0 Å². The maximum Gasteiger partial charge on any atom is 0.167 e. The van der Waals surface area contributed by atoms with Crippen LogP contribution in [0.25, 0.3) is 3.58 Å². The predicted octanol–water partition coefficient (Wildman–Crippen LogP) is 2.44. The molecule has 2 rings (SSSR count). The maximum absolute atomic E-state index is 11.4. The van der Waals surface area contributed by atoms with E-state index in [9.17, 15) is 4.79 Å². The summed E-state index contributed by atoms with van der Waals surface area (Å²) in [7, 11) is 0. The fourth-order valence-electron chi connectivity index (χ4n) is 1.23. The second kappa shape index (κ2) is 2.97. The Morgan fingerprint density at radius 2 is 2.25 bits per heavy atom. The van der Waals surface area contributed by atoms with E-state index in [4.69, 9.17) is 0 Å². The van der Waals surface area contributed by atoms with Gasteiger partial charge in [0.1, 0.15) is 0 Å². The van der Waals surface area contributed by atoms with Gasteiger partial charge in [0.05, 0.1) is 0 Å². The minimum Gasteiger partial charge on any atom is -0.294 e. The zero-order valence-electron chi connectivity index (χ0n) is 6.25. The number of ketones is 1. The SMILES string of the molecule is O=C1CC=C(I)c2cnccc21. The first kappa shape index (κ1) is 7.91. The molecule has 0 aliphatic heterocycles. The maximum atomic E-state index is 11.4. The van der Waals surface area contributed by atoms with E-state index in [-0.39, 0.29) is 5.78 Å². The number of halogens is 1. The number of fused-ring (bicyclic) bond motifs is 1. The molecule has 3 heteroatoms. The lowest BCUT2D eigenvalue weighted by Crippen LogP contribution is -2.05. The summed E-state index contributed by atoms with van der Waals surface area (Å²) in [6, 6.07) is 1.78. The van der Waals surface area contributed by atoms with Crippen molar-refractivity contribution in [1.82, 2.24) is 4.98 Å². The molecule has 1 aliphatic rings. The second-order valence-corrected chi connectivity index (χ2v) is 3.76.